The minimum absolute atomic E-state index is 1.04. The molecule has 0 atom stereocenters. The molecule has 2 nitrogen and oxygen atoms in total. The summed E-state index contributed by atoms with van der Waals surface area (Å²) in [5.74, 6) is 0. The molecule has 2 aromatic rings. The van der Waals surface area contributed by atoms with Crippen LogP contribution in [0.3, 0.4) is 0 Å². The number of hydrogen-bond acceptors (Lipinski definition) is 1. The van der Waals surface area contributed by atoms with Crippen LogP contribution >= 0.6 is 22.6 Å². The van der Waals surface area contributed by atoms with Gasteiger partial charge in [0.2, 0.25) is 0 Å². The van der Waals surface area contributed by atoms with Crippen LogP contribution in [-0.4, -0.2) is 9.78 Å². The highest BCUT2D eigenvalue weighted by molar-refractivity contribution is 14.1. The molecule has 0 N–H and O–H groups in total. The Hall–Kier alpha value is -0.840. The maximum Gasteiger partial charge on any atom is 0.0568 e. The van der Waals surface area contributed by atoms with Gasteiger partial charge in [-0.05, 0) is 46.7 Å². The maximum absolute atomic E-state index is 4.48. The first kappa shape index (κ1) is 16.5. The van der Waals surface area contributed by atoms with Crippen molar-refractivity contribution in [3.8, 4) is 11.1 Å². The molecule has 0 aliphatic heterocycles. The predicted octanol–water partition coefficient (Wildman–Crippen LogP) is 5.91. The standard InChI is InChI=1S/C18H25IN2/c1-2-3-4-5-6-7-8-13-21-15-17(14-20-21)16-9-11-18(19)12-10-16/h9-12,14-15H,2-8,13H2,1H3. The summed E-state index contributed by atoms with van der Waals surface area (Å²) >= 11 is 2.33. The van der Waals surface area contributed by atoms with Gasteiger partial charge < -0.3 is 0 Å². The van der Waals surface area contributed by atoms with Crippen LogP contribution in [0.1, 0.15) is 51.9 Å². The van der Waals surface area contributed by atoms with E-state index >= 15 is 0 Å². The number of benzene rings is 1. The van der Waals surface area contributed by atoms with Crippen LogP contribution in [0.2, 0.25) is 0 Å². The second-order valence-corrected chi connectivity index (χ2v) is 6.87. The molecule has 0 saturated heterocycles. The Kier molecular flexibility index (Phi) is 7.27. The van der Waals surface area contributed by atoms with Crippen LogP contribution in [0.5, 0.6) is 0 Å². The minimum atomic E-state index is 1.04. The Labute approximate surface area is 142 Å². The summed E-state index contributed by atoms with van der Waals surface area (Å²) in [6.45, 7) is 3.31. The number of halogens is 1. The smallest absolute Gasteiger partial charge is 0.0568 e. The number of aromatic nitrogens is 2. The molecule has 1 aromatic heterocycles. The molecule has 3 heteroatoms. The molecule has 0 aliphatic carbocycles. The van der Waals surface area contributed by atoms with E-state index in [4.69, 9.17) is 0 Å². The number of nitrogens with zero attached hydrogens (tertiary/aromatic N) is 2. The average molecular weight is 396 g/mol. The fourth-order valence-electron chi connectivity index (χ4n) is 2.51. The van der Waals surface area contributed by atoms with Gasteiger partial charge in [0.15, 0.2) is 0 Å². The van der Waals surface area contributed by atoms with Crippen LogP contribution in [0.15, 0.2) is 36.7 Å². The van der Waals surface area contributed by atoms with E-state index in [0.717, 1.165) is 6.54 Å². The van der Waals surface area contributed by atoms with E-state index in [1.165, 1.54) is 59.6 Å². The van der Waals surface area contributed by atoms with E-state index in [-0.39, 0.29) is 0 Å². The van der Waals surface area contributed by atoms with E-state index < -0.39 is 0 Å². The van der Waals surface area contributed by atoms with E-state index in [2.05, 4.69) is 69.8 Å². The molecule has 1 aromatic carbocycles. The summed E-state index contributed by atoms with van der Waals surface area (Å²) in [4.78, 5) is 0. The van der Waals surface area contributed by atoms with Crippen molar-refractivity contribution in [2.75, 3.05) is 0 Å². The zero-order valence-electron chi connectivity index (χ0n) is 12.9. The number of unbranched alkanes of at least 4 members (excludes halogenated alkanes) is 6. The van der Waals surface area contributed by atoms with Gasteiger partial charge in [-0.25, -0.2) is 0 Å². The van der Waals surface area contributed by atoms with Gasteiger partial charge in [0.05, 0.1) is 6.20 Å². The third-order valence-electron chi connectivity index (χ3n) is 3.80. The average Bonchev–Trinajstić information content (AvgIpc) is 2.96. The van der Waals surface area contributed by atoms with E-state index in [1.54, 1.807) is 0 Å². The highest BCUT2D eigenvalue weighted by atomic mass is 127. The lowest BCUT2D eigenvalue weighted by Gasteiger charge is -2.02. The van der Waals surface area contributed by atoms with Crippen molar-refractivity contribution < 1.29 is 0 Å². The summed E-state index contributed by atoms with van der Waals surface area (Å²) < 4.78 is 3.35. The number of hydrogen-bond donors (Lipinski definition) is 0. The molecule has 0 amide bonds. The molecule has 1 heterocycles. The Balaban J connectivity index is 1.72. The fraction of sp³-hybridized carbons (Fsp3) is 0.500. The minimum Gasteiger partial charge on any atom is -0.272 e. The predicted molar refractivity (Wildman–Crippen MR) is 98.4 cm³/mol. The number of rotatable bonds is 9. The van der Waals surface area contributed by atoms with Crippen molar-refractivity contribution in [3.05, 3.63) is 40.2 Å². The molecule has 0 unspecified atom stereocenters. The lowest BCUT2D eigenvalue weighted by Crippen LogP contribution is -1.97. The van der Waals surface area contributed by atoms with Crippen LogP contribution in [-0.2, 0) is 6.54 Å². The van der Waals surface area contributed by atoms with Crippen molar-refractivity contribution in [3.63, 3.8) is 0 Å². The van der Waals surface area contributed by atoms with E-state index in [1.807, 2.05) is 6.20 Å². The van der Waals surface area contributed by atoms with Crippen LogP contribution in [0.25, 0.3) is 11.1 Å². The van der Waals surface area contributed by atoms with Crippen molar-refractivity contribution in [1.82, 2.24) is 9.78 Å². The van der Waals surface area contributed by atoms with Gasteiger partial charge in [-0.3, -0.25) is 4.68 Å². The van der Waals surface area contributed by atoms with Gasteiger partial charge >= 0.3 is 0 Å². The third-order valence-corrected chi connectivity index (χ3v) is 4.52. The molecule has 0 radical (unpaired) electrons. The van der Waals surface area contributed by atoms with Crippen molar-refractivity contribution >= 4 is 22.6 Å². The quantitative estimate of drug-likeness (QED) is 0.381. The van der Waals surface area contributed by atoms with Gasteiger partial charge in [-0.15, -0.1) is 0 Å². The highest BCUT2D eigenvalue weighted by Gasteiger charge is 2.01. The second kappa shape index (κ2) is 9.23. The monoisotopic (exact) mass is 396 g/mol. The molecule has 2 rings (SSSR count). The van der Waals surface area contributed by atoms with Crippen molar-refractivity contribution in [2.24, 2.45) is 0 Å². The summed E-state index contributed by atoms with van der Waals surface area (Å²) in [5, 5.41) is 4.48. The first-order chi connectivity index (χ1) is 10.3. The van der Waals surface area contributed by atoms with Crippen LogP contribution in [0.4, 0.5) is 0 Å². The Morgan fingerprint density at radius 2 is 1.57 bits per heavy atom. The second-order valence-electron chi connectivity index (χ2n) is 5.62. The SMILES string of the molecule is CCCCCCCCCn1cc(-c2ccc(I)cc2)cn1. The summed E-state index contributed by atoms with van der Waals surface area (Å²) in [6, 6.07) is 8.61. The first-order valence-electron chi connectivity index (χ1n) is 8.08. The van der Waals surface area contributed by atoms with Gasteiger partial charge in [0.1, 0.15) is 0 Å². The Bertz CT molecular complexity index is 516. The molecule has 0 aliphatic rings. The molecule has 0 saturated carbocycles. The Morgan fingerprint density at radius 3 is 2.29 bits per heavy atom. The molecule has 114 valence electrons. The van der Waals surface area contributed by atoms with Gasteiger partial charge in [0, 0.05) is 21.9 Å². The zero-order chi connectivity index (χ0) is 14.9. The van der Waals surface area contributed by atoms with Gasteiger partial charge in [0.25, 0.3) is 0 Å². The fourth-order valence-corrected chi connectivity index (χ4v) is 2.87. The maximum atomic E-state index is 4.48. The lowest BCUT2D eigenvalue weighted by molar-refractivity contribution is 0.523. The van der Waals surface area contributed by atoms with Crippen molar-refractivity contribution in [1.29, 1.82) is 0 Å². The van der Waals surface area contributed by atoms with E-state index in [9.17, 15) is 0 Å². The van der Waals surface area contributed by atoms with E-state index in [0.29, 0.717) is 0 Å². The van der Waals surface area contributed by atoms with Gasteiger partial charge in [-0.1, -0.05) is 57.6 Å². The van der Waals surface area contributed by atoms with Gasteiger partial charge in [-0.2, -0.15) is 5.10 Å². The number of aryl methyl sites for hydroxylation is 1. The largest absolute Gasteiger partial charge is 0.272 e. The molecule has 0 bridgehead atoms. The molecular weight excluding hydrogens is 371 g/mol. The van der Waals surface area contributed by atoms with Crippen LogP contribution < -0.4 is 0 Å². The topological polar surface area (TPSA) is 17.8 Å². The third kappa shape index (κ3) is 5.81. The summed E-state index contributed by atoms with van der Waals surface area (Å²) in [6.07, 6.45) is 13.6. The first-order valence-corrected chi connectivity index (χ1v) is 9.16. The summed E-state index contributed by atoms with van der Waals surface area (Å²) in [5.41, 5.74) is 2.47. The molecular formula is C18H25IN2. The molecule has 21 heavy (non-hydrogen) atoms. The lowest BCUT2D eigenvalue weighted by atomic mass is 10.1. The Morgan fingerprint density at radius 1 is 0.905 bits per heavy atom. The zero-order valence-corrected chi connectivity index (χ0v) is 15.1. The molecule has 0 spiro atoms. The summed E-state index contributed by atoms with van der Waals surface area (Å²) in [7, 11) is 0. The normalized spacial score (nSPS) is 11.0. The highest BCUT2D eigenvalue weighted by Crippen LogP contribution is 2.20. The molecule has 0 fully saturated rings. The van der Waals surface area contributed by atoms with Crippen LogP contribution in [0, 0.1) is 3.57 Å². The van der Waals surface area contributed by atoms with Crippen molar-refractivity contribution in [2.45, 2.75) is 58.4 Å².